The van der Waals surface area contributed by atoms with Crippen molar-refractivity contribution in [1.82, 2.24) is 0 Å². The molecule has 0 saturated carbocycles. The van der Waals surface area contributed by atoms with Gasteiger partial charge in [-0.2, -0.15) is 0 Å². The van der Waals surface area contributed by atoms with Gasteiger partial charge in [0.25, 0.3) is 0 Å². The topological polar surface area (TPSA) is 37.9 Å². The maximum absolute atomic E-state index is 6.36. The van der Waals surface area contributed by atoms with Crippen LogP contribution in [0.3, 0.4) is 0 Å². The maximum atomic E-state index is 6.36. The lowest BCUT2D eigenvalue weighted by molar-refractivity contribution is 0.513. The van der Waals surface area contributed by atoms with E-state index in [4.69, 9.17) is 14.4 Å². The number of benzene rings is 3. The molecule has 0 saturated heterocycles. The van der Waals surface area contributed by atoms with Gasteiger partial charge in [0.1, 0.15) is 11.3 Å². The first kappa shape index (κ1) is 20.9. The molecular formula is C30H26N2O. The molecule has 4 aromatic rings. The van der Waals surface area contributed by atoms with E-state index in [0.717, 1.165) is 45.6 Å². The van der Waals surface area contributed by atoms with Crippen molar-refractivity contribution in [2.24, 2.45) is 15.9 Å². The van der Waals surface area contributed by atoms with Crippen LogP contribution in [0.25, 0.3) is 22.7 Å². The molecule has 3 nitrogen and oxygen atoms in total. The molecule has 0 amide bonds. The molecule has 162 valence electrons. The first-order chi connectivity index (χ1) is 16.1. The molecule has 5 rings (SSSR count). The van der Waals surface area contributed by atoms with Crippen molar-refractivity contribution < 1.29 is 4.42 Å². The van der Waals surface area contributed by atoms with Crippen LogP contribution in [0.1, 0.15) is 41.9 Å². The molecule has 3 aromatic carbocycles. The number of furan rings is 1. The zero-order valence-electron chi connectivity index (χ0n) is 19.0. The van der Waals surface area contributed by atoms with Gasteiger partial charge in [-0.25, -0.2) is 9.98 Å². The van der Waals surface area contributed by atoms with E-state index in [1.165, 1.54) is 5.56 Å². The van der Waals surface area contributed by atoms with Gasteiger partial charge in [-0.1, -0.05) is 98.5 Å². The van der Waals surface area contributed by atoms with Gasteiger partial charge < -0.3 is 4.42 Å². The molecule has 0 N–H and O–H groups in total. The van der Waals surface area contributed by atoms with E-state index >= 15 is 0 Å². The molecular weight excluding hydrogens is 404 g/mol. The summed E-state index contributed by atoms with van der Waals surface area (Å²) in [7, 11) is 0. The van der Waals surface area contributed by atoms with E-state index in [9.17, 15) is 0 Å². The summed E-state index contributed by atoms with van der Waals surface area (Å²) in [6, 6.07) is 26.3. The Bertz CT molecular complexity index is 1410. The number of fused-ring (bicyclic) bond motifs is 3. The minimum atomic E-state index is 0.483. The molecule has 0 aliphatic heterocycles. The molecule has 0 spiro atoms. The Labute approximate surface area is 194 Å². The van der Waals surface area contributed by atoms with Crippen molar-refractivity contribution in [3.8, 4) is 0 Å². The van der Waals surface area contributed by atoms with Crippen molar-refractivity contribution in [2.75, 3.05) is 0 Å². The lowest BCUT2D eigenvalue weighted by atomic mass is 9.95. The van der Waals surface area contributed by atoms with Crippen LogP contribution in [0, 0.1) is 5.92 Å². The number of hydrogen-bond acceptors (Lipinski definition) is 2. The molecule has 1 heterocycles. The van der Waals surface area contributed by atoms with Crippen LogP contribution in [0.2, 0.25) is 0 Å². The number of aliphatic imine (C=N–C) groups is 2. The minimum Gasteiger partial charge on any atom is -0.460 e. The quantitative estimate of drug-likeness (QED) is 0.243. The molecule has 33 heavy (non-hydrogen) atoms. The highest BCUT2D eigenvalue weighted by molar-refractivity contribution is 6.16. The molecule has 0 fully saturated rings. The van der Waals surface area contributed by atoms with Crippen LogP contribution in [0.5, 0.6) is 0 Å². The van der Waals surface area contributed by atoms with E-state index in [0.29, 0.717) is 17.5 Å². The van der Waals surface area contributed by atoms with Crippen LogP contribution >= 0.6 is 0 Å². The second-order valence-electron chi connectivity index (χ2n) is 8.47. The third kappa shape index (κ3) is 4.22. The highest BCUT2D eigenvalue weighted by atomic mass is 16.3. The fraction of sp³-hybridized carbons (Fsp3) is 0.133. The Balaban J connectivity index is 1.60. The molecule has 1 aliphatic carbocycles. The molecule has 1 aromatic heterocycles. The van der Waals surface area contributed by atoms with Crippen molar-refractivity contribution in [1.29, 1.82) is 0 Å². The SMILES string of the molecule is C=C(N=C(N=C(C)c1cccc2c3c(oc12)CC(C)C=C3)c1ccccc1)c1ccccc1. The standard InChI is InChI=1S/C30H26N2O/c1-20-17-18-26-27-16-10-15-25(29(27)33-28(26)19-20)22(3)32-30(24-13-8-5-9-14-24)31-21(2)23-11-6-4-7-12-23/h4-18,20H,2,19H2,1,3H3. The van der Waals surface area contributed by atoms with E-state index in [1.807, 2.05) is 67.6 Å². The lowest BCUT2D eigenvalue weighted by Gasteiger charge is -2.09. The second kappa shape index (κ2) is 8.87. The zero-order chi connectivity index (χ0) is 22.8. The fourth-order valence-corrected chi connectivity index (χ4v) is 4.21. The Kier molecular flexibility index (Phi) is 5.62. The number of allylic oxidation sites excluding steroid dienone is 1. The molecule has 0 radical (unpaired) electrons. The number of amidine groups is 1. The number of para-hydroxylation sites is 1. The van der Waals surface area contributed by atoms with Gasteiger partial charge in [-0.05, 0) is 24.5 Å². The average Bonchev–Trinajstić information content (AvgIpc) is 3.22. The van der Waals surface area contributed by atoms with Crippen LogP contribution in [0.4, 0.5) is 0 Å². The smallest absolute Gasteiger partial charge is 0.160 e. The van der Waals surface area contributed by atoms with Crippen LogP contribution < -0.4 is 0 Å². The summed E-state index contributed by atoms with van der Waals surface area (Å²) >= 11 is 0. The summed E-state index contributed by atoms with van der Waals surface area (Å²) in [6.07, 6.45) is 5.36. The van der Waals surface area contributed by atoms with Crippen LogP contribution in [0.15, 0.2) is 106 Å². The average molecular weight is 431 g/mol. The Morgan fingerprint density at radius 3 is 2.30 bits per heavy atom. The molecule has 0 bridgehead atoms. The van der Waals surface area contributed by atoms with Crippen molar-refractivity contribution in [3.05, 3.63) is 120 Å². The van der Waals surface area contributed by atoms with Crippen molar-refractivity contribution in [3.63, 3.8) is 0 Å². The Hall–Kier alpha value is -3.98. The summed E-state index contributed by atoms with van der Waals surface area (Å²) in [5.41, 5.74) is 6.50. The highest BCUT2D eigenvalue weighted by Gasteiger charge is 2.20. The maximum Gasteiger partial charge on any atom is 0.160 e. The number of rotatable bonds is 4. The van der Waals surface area contributed by atoms with Crippen LogP contribution in [-0.4, -0.2) is 11.5 Å². The summed E-state index contributed by atoms with van der Waals surface area (Å²) < 4.78 is 6.36. The molecule has 3 heteroatoms. The third-order valence-corrected chi connectivity index (χ3v) is 5.97. The summed E-state index contributed by atoms with van der Waals surface area (Å²) in [5, 5.41) is 1.13. The largest absolute Gasteiger partial charge is 0.460 e. The van der Waals surface area contributed by atoms with Gasteiger partial charge in [0, 0.05) is 28.5 Å². The highest BCUT2D eigenvalue weighted by Crippen LogP contribution is 2.34. The summed E-state index contributed by atoms with van der Waals surface area (Å²) in [6.45, 7) is 8.41. The number of nitrogens with zero attached hydrogens (tertiary/aromatic N) is 2. The van der Waals surface area contributed by atoms with Gasteiger partial charge >= 0.3 is 0 Å². The lowest BCUT2D eigenvalue weighted by Crippen LogP contribution is -2.04. The zero-order valence-corrected chi connectivity index (χ0v) is 19.0. The van der Waals surface area contributed by atoms with Gasteiger partial charge in [-0.15, -0.1) is 0 Å². The van der Waals surface area contributed by atoms with Gasteiger partial charge in [0.2, 0.25) is 0 Å². The molecule has 1 aliphatic rings. The number of hydrogen-bond donors (Lipinski definition) is 0. The van der Waals surface area contributed by atoms with Crippen LogP contribution in [-0.2, 0) is 6.42 Å². The van der Waals surface area contributed by atoms with Crippen molar-refractivity contribution in [2.45, 2.75) is 20.3 Å². The van der Waals surface area contributed by atoms with E-state index in [-0.39, 0.29) is 0 Å². The van der Waals surface area contributed by atoms with Gasteiger partial charge in [0.15, 0.2) is 5.84 Å². The third-order valence-electron chi connectivity index (χ3n) is 5.97. The molecule has 1 atom stereocenters. The van der Waals surface area contributed by atoms with E-state index in [1.54, 1.807) is 0 Å². The predicted octanol–water partition coefficient (Wildman–Crippen LogP) is 7.56. The summed E-state index contributed by atoms with van der Waals surface area (Å²) in [4.78, 5) is 9.81. The molecule has 1 unspecified atom stereocenters. The first-order valence-corrected chi connectivity index (χ1v) is 11.3. The first-order valence-electron chi connectivity index (χ1n) is 11.3. The van der Waals surface area contributed by atoms with E-state index < -0.39 is 0 Å². The fourth-order valence-electron chi connectivity index (χ4n) is 4.21. The van der Waals surface area contributed by atoms with Crippen molar-refractivity contribution >= 4 is 34.3 Å². The monoisotopic (exact) mass is 430 g/mol. The van der Waals surface area contributed by atoms with Gasteiger partial charge in [-0.3, -0.25) is 0 Å². The normalized spacial score (nSPS) is 16.1. The van der Waals surface area contributed by atoms with E-state index in [2.05, 4.69) is 43.9 Å². The Morgan fingerprint density at radius 1 is 0.879 bits per heavy atom. The summed E-state index contributed by atoms with van der Waals surface area (Å²) in [5.74, 6) is 2.16. The second-order valence-corrected chi connectivity index (χ2v) is 8.47. The Morgan fingerprint density at radius 2 is 1.58 bits per heavy atom. The van der Waals surface area contributed by atoms with Gasteiger partial charge in [0.05, 0.1) is 11.4 Å². The minimum absolute atomic E-state index is 0.483. The predicted molar refractivity (Wildman–Crippen MR) is 139 cm³/mol.